The van der Waals surface area contributed by atoms with E-state index in [1.807, 2.05) is 0 Å². The van der Waals surface area contributed by atoms with Crippen LogP contribution in [0.5, 0.6) is 0 Å². The van der Waals surface area contributed by atoms with Gasteiger partial charge in [-0.2, -0.15) is 0 Å². The molecule has 13 heavy (non-hydrogen) atoms. The van der Waals surface area contributed by atoms with Gasteiger partial charge in [-0.05, 0) is 18.3 Å². The maximum absolute atomic E-state index is 8.35. The maximum atomic E-state index is 8.35. The first kappa shape index (κ1) is 11.8. The Kier molecular flexibility index (Phi) is 6.70. The van der Waals surface area contributed by atoms with E-state index in [1.54, 1.807) is 32.1 Å². The molecule has 0 atom stereocenters. The summed E-state index contributed by atoms with van der Waals surface area (Å²) >= 11 is 0. The van der Waals surface area contributed by atoms with E-state index in [4.69, 9.17) is 20.4 Å². The second kappa shape index (κ2) is 7.41. The van der Waals surface area contributed by atoms with Gasteiger partial charge < -0.3 is 0 Å². The minimum Gasteiger partial charge on any atom is -0.222 e. The summed E-state index contributed by atoms with van der Waals surface area (Å²) in [5, 5.41) is 10.8. The summed E-state index contributed by atoms with van der Waals surface area (Å²) in [4.78, 5) is 16.7. The molecule has 0 aromatic rings. The number of hydrogen-bond acceptors (Lipinski definition) is 4. The molecule has 2 bridgehead atoms. The summed E-state index contributed by atoms with van der Waals surface area (Å²) in [7, 11) is 0. The molecule has 2 fully saturated rings. The van der Waals surface area contributed by atoms with Gasteiger partial charge in [0.1, 0.15) is 0 Å². The lowest BCUT2D eigenvalue weighted by atomic mass is 10.0. The molecule has 2 saturated carbocycles. The highest BCUT2D eigenvalue weighted by atomic mass is 16.1. The van der Waals surface area contributed by atoms with E-state index < -0.39 is 0 Å². The number of nitrogens with one attached hydrogen (secondary N) is 2. The summed E-state index contributed by atoms with van der Waals surface area (Å²) in [5.74, 6) is 2.34. The Morgan fingerprint density at radius 2 is 1.08 bits per heavy atom. The molecule has 0 radical (unpaired) electrons. The first-order valence-electron chi connectivity index (χ1n) is 4.36. The van der Waals surface area contributed by atoms with Gasteiger partial charge in [0.05, 0.1) is 0 Å². The Bertz CT molecular complexity index is 174. The van der Waals surface area contributed by atoms with Crippen molar-refractivity contribution < 1.29 is 9.59 Å². The Labute approximate surface area is 77.4 Å². The van der Waals surface area contributed by atoms with E-state index >= 15 is 0 Å². The first-order chi connectivity index (χ1) is 6.28. The second-order valence-electron chi connectivity index (χ2n) is 3.33. The lowest BCUT2D eigenvalue weighted by Gasteiger charge is -2.05. The van der Waals surface area contributed by atoms with Crippen molar-refractivity contribution >= 4 is 12.2 Å². The van der Waals surface area contributed by atoms with Crippen molar-refractivity contribution in [3.8, 4) is 0 Å². The molecule has 4 heteroatoms. The molecule has 0 aromatic carbocycles. The molecule has 2 rings (SSSR count). The standard InChI is InChI=1S/C7H12.2CHNO/c1-2-7-4-3-6(1)5-7;2*2-1-3/h6-7H,1-5H2;2*2H. The number of hydrogen-bond donors (Lipinski definition) is 2. The zero-order valence-electron chi connectivity index (χ0n) is 7.51. The average molecular weight is 182 g/mol. The van der Waals surface area contributed by atoms with Crippen molar-refractivity contribution in [3.05, 3.63) is 0 Å². The van der Waals surface area contributed by atoms with E-state index in [0.717, 1.165) is 12.2 Å². The summed E-state index contributed by atoms with van der Waals surface area (Å²) in [6.45, 7) is 0. The van der Waals surface area contributed by atoms with Crippen molar-refractivity contribution in [1.82, 2.24) is 0 Å². The molecule has 0 saturated heterocycles. The molecule has 4 nitrogen and oxygen atoms in total. The van der Waals surface area contributed by atoms with Crippen LogP contribution in [0.25, 0.3) is 0 Å². The van der Waals surface area contributed by atoms with Crippen LogP contribution >= 0.6 is 0 Å². The lowest BCUT2D eigenvalue weighted by Crippen LogP contribution is -1.90. The normalized spacial score (nSPS) is 27.1. The minimum atomic E-state index is 0.750. The summed E-state index contributed by atoms with van der Waals surface area (Å²) in [6.07, 6.45) is 9.32. The van der Waals surface area contributed by atoms with Crippen molar-refractivity contribution in [2.75, 3.05) is 0 Å². The molecule has 0 spiro atoms. The monoisotopic (exact) mass is 182 g/mol. The van der Waals surface area contributed by atoms with Crippen molar-refractivity contribution in [2.45, 2.75) is 32.1 Å². The fourth-order valence-electron chi connectivity index (χ4n) is 2.17. The third kappa shape index (κ3) is 5.07. The van der Waals surface area contributed by atoms with E-state index in [2.05, 4.69) is 0 Å². The highest BCUT2D eigenvalue weighted by Crippen LogP contribution is 2.43. The van der Waals surface area contributed by atoms with E-state index in [0.29, 0.717) is 0 Å². The molecule has 0 aromatic heterocycles. The molecule has 0 aliphatic heterocycles. The molecule has 2 aliphatic carbocycles. The van der Waals surface area contributed by atoms with E-state index in [1.165, 1.54) is 11.8 Å². The molecule has 2 N–H and O–H groups in total. The van der Waals surface area contributed by atoms with Crippen molar-refractivity contribution in [1.29, 1.82) is 10.8 Å². The fourth-order valence-corrected chi connectivity index (χ4v) is 2.17. The van der Waals surface area contributed by atoms with Gasteiger partial charge in [0.25, 0.3) is 0 Å². The summed E-state index contributed by atoms with van der Waals surface area (Å²) in [6, 6.07) is 0. The van der Waals surface area contributed by atoms with Crippen LogP contribution in [-0.2, 0) is 9.59 Å². The average Bonchev–Trinajstić information content (AvgIpc) is 2.69. The SMILES string of the molecule is C1CC2CCC1C2.N=C=O.N=C=O. The van der Waals surface area contributed by atoms with Crippen LogP contribution in [0.1, 0.15) is 32.1 Å². The molecule has 72 valence electrons. The molecule has 0 amide bonds. The third-order valence-electron chi connectivity index (χ3n) is 2.63. The highest BCUT2D eigenvalue weighted by molar-refractivity contribution is 5.26. The Morgan fingerprint density at radius 3 is 1.15 bits per heavy atom. The summed E-state index contributed by atoms with van der Waals surface area (Å²) in [5.41, 5.74) is 0. The van der Waals surface area contributed by atoms with Crippen LogP contribution in [0.2, 0.25) is 0 Å². The van der Waals surface area contributed by atoms with Gasteiger partial charge in [-0.25, -0.2) is 20.4 Å². The predicted octanol–water partition coefficient (Wildman–Crippen LogP) is 2.00. The van der Waals surface area contributed by atoms with Gasteiger partial charge in [0.15, 0.2) is 0 Å². The van der Waals surface area contributed by atoms with Crippen LogP contribution in [0, 0.1) is 22.7 Å². The smallest absolute Gasteiger partial charge is 0.222 e. The zero-order valence-corrected chi connectivity index (χ0v) is 7.51. The van der Waals surface area contributed by atoms with E-state index in [9.17, 15) is 0 Å². The van der Waals surface area contributed by atoms with Gasteiger partial charge >= 0.3 is 0 Å². The third-order valence-corrected chi connectivity index (χ3v) is 2.63. The quantitative estimate of drug-likeness (QED) is 0.443. The lowest BCUT2D eigenvalue weighted by molar-refractivity contribution is 0.480. The van der Waals surface area contributed by atoms with Gasteiger partial charge in [-0.15, -0.1) is 0 Å². The van der Waals surface area contributed by atoms with Crippen LogP contribution in [-0.4, -0.2) is 12.2 Å². The molecule has 0 unspecified atom stereocenters. The van der Waals surface area contributed by atoms with Crippen LogP contribution in [0.3, 0.4) is 0 Å². The Balaban J connectivity index is 0.000000208. The predicted molar refractivity (Wildman–Crippen MR) is 46.9 cm³/mol. The van der Waals surface area contributed by atoms with Gasteiger partial charge in [-0.3, -0.25) is 0 Å². The topological polar surface area (TPSA) is 81.8 Å². The van der Waals surface area contributed by atoms with Crippen LogP contribution in [0.4, 0.5) is 0 Å². The van der Waals surface area contributed by atoms with Gasteiger partial charge in [0.2, 0.25) is 12.2 Å². The number of rotatable bonds is 0. The van der Waals surface area contributed by atoms with Crippen molar-refractivity contribution in [2.24, 2.45) is 11.8 Å². The van der Waals surface area contributed by atoms with Crippen molar-refractivity contribution in [3.63, 3.8) is 0 Å². The number of isocyanates is 2. The van der Waals surface area contributed by atoms with Crippen LogP contribution < -0.4 is 0 Å². The first-order valence-corrected chi connectivity index (χ1v) is 4.36. The number of fused-ring (bicyclic) bond motifs is 2. The summed E-state index contributed by atoms with van der Waals surface area (Å²) < 4.78 is 0. The largest absolute Gasteiger partial charge is 0.231 e. The van der Waals surface area contributed by atoms with Gasteiger partial charge in [-0.1, -0.05) is 25.7 Å². The Morgan fingerprint density at radius 1 is 0.846 bits per heavy atom. The van der Waals surface area contributed by atoms with E-state index in [-0.39, 0.29) is 0 Å². The molecule has 2 aliphatic rings. The molecule has 0 heterocycles. The van der Waals surface area contributed by atoms with Gasteiger partial charge in [0, 0.05) is 0 Å². The number of carbonyl (C=O) groups excluding carboxylic acids is 2. The molecular weight excluding hydrogens is 168 g/mol. The zero-order chi connectivity index (χ0) is 10.1. The second-order valence-corrected chi connectivity index (χ2v) is 3.33. The Hall–Kier alpha value is -1.24. The van der Waals surface area contributed by atoms with Crippen LogP contribution in [0.15, 0.2) is 0 Å². The minimum absolute atomic E-state index is 0.750. The maximum Gasteiger partial charge on any atom is 0.231 e. The fraction of sp³-hybridized carbons (Fsp3) is 0.778. The molecular formula is C9H14N2O2. The highest BCUT2D eigenvalue weighted by Gasteiger charge is 2.30.